The third-order valence-electron chi connectivity index (χ3n) is 6.90. The highest BCUT2D eigenvalue weighted by Gasteiger charge is 2.32. The molecule has 35 heavy (non-hydrogen) atoms. The van der Waals surface area contributed by atoms with E-state index in [0.717, 1.165) is 45.5 Å². The molecule has 5 rings (SSSR count). The number of thiophene rings is 1. The Morgan fingerprint density at radius 1 is 1.37 bits per heavy atom. The van der Waals surface area contributed by atoms with Gasteiger partial charge in [-0.3, -0.25) is 9.89 Å². The van der Waals surface area contributed by atoms with E-state index in [9.17, 15) is 9.90 Å². The number of fused-ring (bicyclic) bond motifs is 4. The van der Waals surface area contributed by atoms with Crippen LogP contribution in [-0.4, -0.2) is 62.4 Å². The summed E-state index contributed by atoms with van der Waals surface area (Å²) in [5.41, 5.74) is 2.93. The molecule has 4 aromatic rings. The minimum absolute atomic E-state index is 0.00415. The molecule has 0 saturated carbocycles. The van der Waals surface area contributed by atoms with Gasteiger partial charge >= 0.3 is 0 Å². The van der Waals surface area contributed by atoms with E-state index < -0.39 is 6.10 Å². The quantitative estimate of drug-likeness (QED) is 0.355. The molecular formula is C25H30N6O3S. The maximum absolute atomic E-state index is 13.2. The lowest BCUT2D eigenvalue weighted by Crippen LogP contribution is -2.41. The molecule has 0 aliphatic heterocycles. The maximum Gasteiger partial charge on any atom is 0.226 e. The summed E-state index contributed by atoms with van der Waals surface area (Å²) in [6.07, 6.45) is 5.76. The second kappa shape index (κ2) is 9.43. The number of aryl methyl sites for hydroxylation is 1. The summed E-state index contributed by atoms with van der Waals surface area (Å²) < 4.78 is 5.60. The number of amides is 1. The van der Waals surface area contributed by atoms with Crippen LogP contribution in [0.5, 0.6) is 5.75 Å². The van der Waals surface area contributed by atoms with Gasteiger partial charge in [-0.15, -0.1) is 11.3 Å². The Labute approximate surface area is 207 Å². The van der Waals surface area contributed by atoms with Gasteiger partial charge in [0.2, 0.25) is 5.91 Å². The molecule has 3 heterocycles. The van der Waals surface area contributed by atoms with Gasteiger partial charge in [0.05, 0.1) is 36.0 Å². The summed E-state index contributed by atoms with van der Waals surface area (Å²) in [6.45, 7) is 3.75. The van der Waals surface area contributed by atoms with Gasteiger partial charge in [0.25, 0.3) is 0 Å². The smallest absolute Gasteiger partial charge is 0.226 e. The first-order chi connectivity index (χ1) is 16.9. The first-order valence-corrected chi connectivity index (χ1v) is 12.7. The van der Waals surface area contributed by atoms with E-state index in [0.29, 0.717) is 18.6 Å². The standard InChI is InChI=1S/C25H30N6O3S/c1-13(7-14(2)32)31(3)25(33)15-5-6-17-21(9-15)35-24-22(17)23(26-12-27-24)29-19-8-16-11-28-30-18(16)10-20(19)34-4/h8,10-15,32H,5-7,9H2,1-4H3,(H,28,30)(H,26,27,29)/t13?,14?,15-/m0/s1. The summed E-state index contributed by atoms with van der Waals surface area (Å²) in [5, 5.41) is 22.2. The number of hydrogen-bond donors (Lipinski definition) is 3. The minimum atomic E-state index is -0.432. The molecule has 1 aliphatic carbocycles. The van der Waals surface area contributed by atoms with Crippen molar-refractivity contribution in [3.63, 3.8) is 0 Å². The first-order valence-electron chi connectivity index (χ1n) is 11.8. The lowest BCUT2D eigenvalue weighted by atomic mass is 9.86. The van der Waals surface area contributed by atoms with E-state index in [1.165, 1.54) is 10.4 Å². The largest absolute Gasteiger partial charge is 0.494 e. The predicted octanol–water partition coefficient (Wildman–Crippen LogP) is 4.04. The van der Waals surface area contributed by atoms with E-state index >= 15 is 0 Å². The van der Waals surface area contributed by atoms with Crippen LogP contribution in [0.2, 0.25) is 0 Å². The molecule has 184 valence electrons. The molecule has 3 aromatic heterocycles. The van der Waals surface area contributed by atoms with Crippen molar-refractivity contribution in [3.8, 4) is 5.75 Å². The monoisotopic (exact) mass is 494 g/mol. The second-order valence-corrected chi connectivity index (χ2v) is 10.4. The predicted molar refractivity (Wildman–Crippen MR) is 137 cm³/mol. The normalized spacial score (nSPS) is 17.2. The van der Waals surface area contributed by atoms with Crippen LogP contribution < -0.4 is 10.1 Å². The number of carbonyl (C=O) groups is 1. The number of nitrogens with zero attached hydrogens (tertiary/aromatic N) is 4. The number of anilines is 2. The summed E-state index contributed by atoms with van der Waals surface area (Å²) in [5.74, 6) is 1.51. The number of carbonyl (C=O) groups excluding carboxylic acids is 1. The summed E-state index contributed by atoms with van der Waals surface area (Å²) in [7, 11) is 3.48. The molecule has 9 nitrogen and oxygen atoms in total. The Bertz CT molecular complexity index is 1380. The van der Waals surface area contributed by atoms with Crippen molar-refractivity contribution < 1.29 is 14.6 Å². The summed E-state index contributed by atoms with van der Waals surface area (Å²) in [4.78, 5) is 26.2. The highest BCUT2D eigenvalue weighted by molar-refractivity contribution is 7.19. The zero-order chi connectivity index (χ0) is 24.7. The number of aliphatic hydroxyl groups excluding tert-OH is 1. The molecule has 1 aromatic carbocycles. The fourth-order valence-electron chi connectivity index (χ4n) is 4.94. The fraction of sp³-hybridized carbons (Fsp3) is 0.440. The van der Waals surface area contributed by atoms with E-state index in [1.807, 2.05) is 26.1 Å². The summed E-state index contributed by atoms with van der Waals surface area (Å²) in [6, 6.07) is 3.90. The highest BCUT2D eigenvalue weighted by atomic mass is 32.1. The van der Waals surface area contributed by atoms with Crippen molar-refractivity contribution in [2.75, 3.05) is 19.5 Å². The minimum Gasteiger partial charge on any atom is -0.494 e. The number of rotatable bonds is 7. The number of nitrogens with one attached hydrogen (secondary N) is 2. The lowest BCUT2D eigenvalue weighted by molar-refractivity contribution is -0.136. The zero-order valence-electron chi connectivity index (χ0n) is 20.3. The van der Waals surface area contributed by atoms with Gasteiger partial charge in [0.1, 0.15) is 22.7 Å². The number of methoxy groups -OCH3 is 1. The molecule has 3 N–H and O–H groups in total. The molecule has 2 unspecified atom stereocenters. The van der Waals surface area contributed by atoms with E-state index in [4.69, 9.17) is 4.74 Å². The Morgan fingerprint density at radius 2 is 2.20 bits per heavy atom. The van der Waals surface area contributed by atoms with Gasteiger partial charge in [0.15, 0.2) is 0 Å². The number of aromatic amines is 1. The van der Waals surface area contributed by atoms with E-state index in [1.54, 1.807) is 42.8 Å². The Hall–Kier alpha value is -3.24. The molecule has 0 bridgehead atoms. The first kappa shape index (κ1) is 23.5. The summed E-state index contributed by atoms with van der Waals surface area (Å²) >= 11 is 1.64. The van der Waals surface area contributed by atoms with Crippen molar-refractivity contribution in [1.29, 1.82) is 0 Å². The average molecular weight is 495 g/mol. The third kappa shape index (κ3) is 4.43. The molecule has 3 atom stereocenters. The Balaban J connectivity index is 1.43. The number of benzene rings is 1. The van der Waals surface area contributed by atoms with Crippen molar-refractivity contribution in [2.45, 2.75) is 51.7 Å². The van der Waals surface area contributed by atoms with Crippen LogP contribution in [0.4, 0.5) is 11.5 Å². The second-order valence-electron chi connectivity index (χ2n) is 9.36. The Kier molecular flexibility index (Phi) is 6.33. The van der Waals surface area contributed by atoms with E-state index in [2.05, 4.69) is 25.5 Å². The molecule has 1 amide bonds. The van der Waals surface area contributed by atoms with Gasteiger partial charge < -0.3 is 20.1 Å². The van der Waals surface area contributed by atoms with Gasteiger partial charge in [-0.2, -0.15) is 5.10 Å². The van der Waals surface area contributed by atoms with E-state index in [-0.39, 0.29) is 17.9 Å². The fourth-order valence-corrected chi connectivity index (χ4v) is 6.21. The number of aliphatic hydroxyl groups is 1. The van der Waals surface area contributed by atoms with Crippen LogP contribution in [0.25, 0.3) is 21.1 Å². The Morgan fingerprint density at radius 3 is 2.97 bits per heavy atom. The number of H-pyrrole nitrogens is 1. The maximum atomic E-state index is 13.2. The highest BCUT2D eigenvalue weighted by Crippen LogP contribution is 2.42. The third-order valence-corrected chi connectivity index (χ3v) is 8.06. The number of ether oxygens (including phenoxy) is 1. The topological polar surface area (TPSA) is 116 Å². The molecule has 0 saturated heterocycles. The van der Waals surface area contributed by atoms with Gasteiger partial charge in [-0.05, 0) is 51.2 Å². The molecule has 1 aliphatic rings. The molecule has 0 radical (unpaired) electrons. The molecule has 0 fully saturated rings. The lowest BCUT2D eigenvalue weighted by Gasteiger charge is -2.31. The van der Waals surface area contributed by atoms with Gasteiger partial charge in [-0.1, -0.05) is 0 Å². The van der Waals surface area contributed by atoms with Crippen LogP contribution >= 0.6 is 11.3 Å². The van der Waals surface area contributed by atoms with Crippen LogP contribution in [0.3, 0.4) is 0 Å². The average Bonchev–Trinajstić information content (AvgIpc) is 3.45. The zero-order valence-corrected chi connectivity index (χ0v) is 21.1. The van der Waals surface area contributed by atoms with Crippen molar-refractivity contribution in [2.24, 2.45) is 5.92 Å². The van der Waals surface area contributed by atoms with Crippen molar-refractivity contribution in [1.82, 2.24) is 25.1 Å². The SMILES string of the molecule is COc1cc2[nH]ncc2cc1Nc1ncnc2sc3c(c12)CC[C@H](C(=O)N(C)C(C)CC(C)O)C3. The van der Waals surface area contributed by atoms with Crippen molar-refractivity contribution >= 4 is 49.9 Å². The van der Waals surface area contributed by atoms with Crippen LogP contribution in [0, 0.1) is 5.92 Å². The van der Waals surface area contributed by atoms with Crippen molar-refractivity contribution in [3.05, 3.63) is 35.1 Å². The van der Waals surface area contributed by atoms with Crippen LogP contribution in [0.1, 0.15) is 37.1 Å². The molecule has 10 heteroatoms. The van der Waals surface area contributed by atoms with Crippen LogP contribution in [-0.2, 0) is 17.6 Å². The number of hydrogen-bond acceptors (Lipinski definition) is 8. The number of aromatic nitrogens is 4. The van der Waals surface area contributed by atoms with Gasteiger partial charge in [-0.25, -0.2) is 9.97 Å². The van der Waals surface area contributed by atoms with Gasteiger partial charge in [0, 0.05) is 35.3 Å². The molecular weight excluding hydrogens is 464 g/mol. The molecule has 0 spiro atoms. The van der Waals surface area contributed by atoms with Crippen LogP contribution in [0.15, 0.2) is 24.7 Å².